The summed E-state index contributed by atoms with van der Waals surface area (Å²) < 4.78 is 6.30. The highest BCUT2D eigenvalue weighted by atomic mass is 79.9. The number of hydrogen-bond donors (Lipinski definition) is 1. The molecule has 0 amide bonds. The molecule has 2 heterocycles. The number of thiophene rings is 2. The van der Waals surface area contributed by atoms with E-state index in [-0.39, 0.29) is 18.8 Å². The standard InChI is InChI=1S/C56H37NS.C34H23NS.C22H15Br.CH4.H3P.H2/c1-3-13-38(14-4-1)44-28-27-41-19-10-22-49(53(41)37-44)43-31-35-46(36-32-43)57(45-33-29-42(30-34-45)48-21-9-18-39-17-7-8-20-47(39)48)54-26-12-25-52-51-24-11-23-50(55(51)58-56(52)54)40-15-5-2-6-16-40;1-2-9-24(10-3-1)29-15-7-16-30-31-17-8-18-32(34(31)36-33(29)30)35-26-21-19-25(20-22-26)28-14-6-12-23-11-4-5-13-27(23)28;23-20-13-11-18(12-14-20)21-8-4-7-17-9-10-19(15-22(17)21)16-5-2-1-3-6-16;;;/h1-37H;1-22,35H;1-15H;1H4;1H3;1H/i;;;;;1+1. The Labute approximate surface area is 716 Å². The van der Waals surface area contributed by atoms with Crippen LogP contribution < -0.4 is 10.2 Å². The van der Waals surface area contributed by atoms with E-state index in [1.807, 2.05) is 22.7 Å². The monoisotopic (exact) mass is 1640 g/mol. The quantitative estimate of drug-likeness (QED) is 0.116. The summed E-state index contributed by atoms with van der Waals surface area (Å²) >= 11 is 7.27. The van der Waals surface area contributed by atoms with Crippen LogP contribution in [0, 0.1) is 0 Å². The number of fused-ring (bicyclic) bond motifs is 10. The molecular formula is C113H84BrN2PS2. The van der Waals surface area contributed by atoms with E-state index in [9.17, 15) is 0 Å². The molecule has 0 saturated carbocycles. The van der Waals surface area contributed by atoms with Crippen LogP contribution in [0.15, 0.2) is 453 Å². The molecule has 2 nitrogen and oxygen atoms in total. The van der Waals surface area contributed by atoms with E-state index >= 15 is 0 Å². The van der Waals surface area contributed by atoms with Gasteiger partial charge < -0.3 is 10.2 Å². The second-order valence-electron chi connectivity index (χ2n) is 29.5. The first-order chi connectivity index (χ1) is 57.9. The highest BCUT2D eigenvalue weighted by molar-refractivity contribution is 9.10. The Balaban J connectivity index is 0.000000141. The zero-order valence-corrected chi connectivity index (χ0v) is 69.2. The highest BCUT2D eigenvalue weighted by Gasteiger charge is 2.22. The lowest BCUT2D eigenvalue weighted by Gasteiger charge is -2.26. The highest BCUT2D eigenvalue weighted by Crippen LogP contribution is 2.49. The molecule has 22 rings (SSSR count). The van der Waals surface area contributed by atoms with Crippen LogP contribution in [0.1, 0.15) is 8.85 Å². The normalized spacial score (nSPS) is 11.1. The third-order valence-electron chi connectivity index (χ3n) is 22.5. The van der Waals surface area contributed by atoms with Gasteiger partial charge in [-0.15, -0.1) is 22.7 Å². The lowest BCUT2D eigenvalue weighted by molar-refractivity contribution is 1.30. The summed E-state index contributed by atoms with van der Waals surface area (Å²) in [4.78, 5) is 2.44. The minimum absolute atomic E-state index is 0. The maximum absolute atomic E-state index is 3.69. The summed E-state index contributed by atoms with van der Waals surface area (Å²) in [5.41, 5.74) is 25.5. The molecule has 0 spiro atoms. The lowest BCUT2D eigenvalue weighted by atomic mass is 9.94. The van der Waals surface area contributed by atoms with Crippen LogP contribution in [0.25, 0.3) is 172 Å². The molecule has 2 aromatic heterocycles. The van der Waals surface area contributed by atoms with Crippen LogP contribution >= 0.6 is 48.5 Å². The Morgan fingerprint density at radius 3 is 0.958 bits per heavy atom. The Hall–Kier alpha value is -13.6. The van der Waals surface area contributed by atoms with Crippen LogP contribution in [-0.2, 0) is 0 Å². The molecule has 0 bridgehead atoms. The van der Waals surface area contributed by atoms with Crippen molar-refractivity contribution in [2.75, 3.05) is 10.2 Å². The molecule has 0 saturated heterocycles. The Morgan fingerprint density at radius 2 is 0.513 bits per heavy atom. The van der Waals surface area contributed by atoms with Crippen molar-refractivity contribution in [3.05, 3.63) is 453 Å². The zero-order valence-electron chi connectivity index (χ0n) is 64.6. The maximum atomic E-state index is 3.69. The minimum Gasteiger partial charge on any atom is -0.354 e. The number of benzene rings is 20. The largest absolute Gasteiger partial charge is 0.354 e. The fourth-order valence-corrected chi connectivity index (χ4v) is 19.6. The van der Waals surface area contributed by atoms with Crippen LogP contribution in [0.5, 0.6) is 0 Å². The number of nitrogens with zero attached hydrogens (tertiary/aromatic N) is 1. The van der Waals surface area contributed by atoms with Crippen molar-refractivity contribution in [2.45, 2.75) is 7.43 Å². The Kier molecular flexibility index (Phi) is 22.1. The second kappa shape index (κ2) is 34.3. The van der Waals surface area contributed by atoms with E-state index < -0.39 is 0 Å². The van der Waals surface area contributed by atoms with Crippen LogP contribution in [0.4, 0.5) is 28.4 Å². The van der Waals surface area contributed by atoms with E-state index in [2.05, 4.69) is 475 Å². The van der Waals surface area contributed by atoms with Crippen molar-refractivity contribution in [2.24, 2.45) is 0 Å². The van der Waals surface area contributed by atoms with Gasteiger partial charge >= 0.3 is 0 Å². The SMILES string of the molecule is Brc1ccc(-c2cccc3ccc(-c4ccccc4)cc23)cc1.C.P.[2HH].c1ccc(-c2ccc3cccc(-c4ccc(N(c5ccc(-c6cccc7ccccc67)cc5)c5cccc6c5sc5c(-c7ccccc7)cccc56)cc4)c3c2)cc1.c1ccc(-c2cccc3c2sc2c(Nc4ccc(-c5cccc6ccccc56)cc4)cccc23)cc1. The summed E-state index contributed by atoms with van der Waals surface area (Å²) in [5.74, 6) is 0. The average molecular weight is 1650 g/mol. The van der Waals surface area contributed by atoms with Crippen LogP contribution in [0.3, 0.4) is 0 Å². The van der Waals surface area contributed by atoms with Crippen molar-refractivity contribution in [1.82, 2.24) is 0 Å². The predicted molar refractivity (Wildman–Crippen MR) is 531 cm³/mol. The van der Waals surface area contributed by atoms with Crippen molar-refractivity contribution in [3.63, 3.8) is 0 Å². The molecule has 20 aromatic carbocycles. The molecule has 1 N–H and O–H groups in total. The Morgan fingerprint density at radius 1 is 0.218 bits per heavy atom. The molecule has 0 aliphatic carbocycles. The van der Waals surface area contributed by atoms with Gasteiger partial charge in [-0.05, 0) is 205 Å². The zero-order chi connectivity index (χ0) is 78.0. The van der Waals surface area contributed by atoms with E-state index in [1.54, 1.807) is 0 Å². The van der Waals surface area contributed by atoms with Crippen molar-refractivity contribution in [3.8, 4) is 89.0 Å². The Bertz CT molecular complexity index is 7370. The fourth-order valence-electron chi connectivity index (χ4n) is 16.7. The van der Waals surface area contributed by atoms with E-state index in [0.29, 0.717) is 0 Å². The third kappa shape index (κ3) is 15.4. The van der Waals surface area contributed by atoms with Crippen LogP contribution in [-0.4, -0.2) is 0 Å². The average Bonchev–Trinajstić information content (AvgIpc) is 1.59. The van der Waals surface area contributed by atoms with Crippen molar-refractivity contribution >= 4 is 160 Å². The predicted octanol–water partition coefficient (Wildman–Crippen LogP) is 34.7. The minimum atomic E-state index is 0. The van der Waals surface area contributed by atoms with Crippen LogP contribution in [0.2, 0.25) is 0 Å². The van der Waals surface area contributed by atoms with Gasteiger partial charge in [0.2, 0.25) is 0 Å². The van der Waals surface area contributed by atoms with E-state index in [1.165, 1.54) is 178 Å². The lowest BCUT2D eigenvalue weighted by Crippen LogP contribution is -2.10. The number of anilines is 5. The third-order valence-corrected chi connectivity index (χ3v) is 25.6. The molecule has 0 fully saturated rings. The molecule has 6 heteroatoms. The molecule has 1 atom stereocenters. The van der Waals surface area contributed by atoms with Gasteiger partial charge in [-0.1, -0.05) is 399 Å². The summed E-state index contributed by atoms with van der Waals surface area (Å²) in [6.07, 6.45) is 0. The van der Waals surface area contributed by atoms with Gasteiger partial charge in [0.1, 0.15) is 0 Å². The smallest absolute Gasteiger partial charge is 0.0640 e. The number of hydrogen-bond acceptors (Lipinski definition) is 4. The molecule has 1 unspecified atom stereocenters. The number of rotatable bonds is 13. The van der Waals surface area contributed by atoms with E-state index in [4.69, 9.17) is 0 Å². The molecule has 0 aliphatic heterocycles. The number of nitrogens with one attached hydrogen (secondary N) is 1. The van der Waals surface area contributed by atoms with Gasteiger partial charge in [-0.3, -0.25) is 0 Å². The van der Waals surface area contributed by atoms with Gasteiger partial charge in [0, 0.05) is 53.9 Å². The molecule has 0 radical (unpaired) electrons. The first-order valence-corrected chi connectivity index (χ1v) is 42.1. The molecule has 22 aromatic rings. The van der Waals surface area contributed by atoms with Gasteiger partial charge in [0.25, 0.3) is 0 Å². The summed E-state index contributed by atoms with van der Waals surface area (Å²) in [6.45, 7) is 0. The first kappa shape index (κ1) is 76.7. The molecular weight excluding hydrogens is 1560 g/mol. The molecule has 119 heavy (non-hydrogen) atoms. The fraction of sp³-hybridized carbons (Fsp3) is 0.00885. The molecule has 0 aliphatic rings. The van der Waals surface area contributed by atoms with Gasteiger partial charge in [0.15, 0.2) is 0 Å². The van der Waals surface area contributed by atoms with Gasteiger partial charge in [0.05, 0.1) is 20.8 Å². The summed E-state index contributed by atoms with van der Waals surface area (Å²) in [7, 11) is 0. The van der Waals surface area contributed by atoms with Gasteiger partial charge in [-0.25, -0.2) is 0 Å². The first-order valence-electron chi connectivity index (χ1n) is 39.7. The number of halogens is 1. The van der Waals surface area contributed by atoms with E-state index in [0.717, 1.165) is 27.2 Å². The summed E-state index contributed by atoms with van der Waals surface area (Å²) in [6, 6.07) is 162. The maximum Gasteiger partial charge on any atom is 0.0640 e. The molecule has 570 valence electrons. The second-order valence-corrected chi connectivity index (χ2v) is 32.5. The van der Waals surface area contributed by atoms with Gasteiger partial charge in [-0.2, -0.15) is 9.90 Å². The summed E-state index contributed by atoms with van der Waals surface area (Å²) in [5, 5.41) is 19.0. The van der Waals surface area contributed by atoms with Crippen molar-refractivity contribution < 1.29 is 1.43 Å². The van der Waals surface area contributed by atoms with Crippen molar-refractivity contribution in [1.29, 1.82) is 0 Å². The topological polar surface area (TPSA) is 15.3 Å².